The van der Waals surface area contributed by atoms with E-state index in [9.17, 15) is 9.18 Å². The molecule has 3 nitrogen and oxygen atoms in total. The average Bonchev–Trinajstić information content (AvgIpc) is 3.54. The molecule has 0 heterocycles. The van der Waals surface area contributed by atoms with E-state index < -0.39 is 5.82 Å². The maximum atomic E-state index is 13.6. The Morgan fingerprint density at radius 2 is 2.00 bits per heavy atom. The van der Waals surface area contributed by atoms with Gasteiger partial charge in [-0.05, 0) is 73.1 Å². The van der Waals surface area contributed by atoms with E-state index in [0.29, 0.717) is 35.7 Å². The van der Waals surface area contributed by atoms with Gasteiger partial charge in [-0.25, -0.2) is 9.38 Å². The molecule has 0 spiro atoms. The van der Waals surface area contributed by atoms with Crippen LogP contribution in [0.25, 0.3) is 0 Å². The predicted octanol–water partition coefficient (Wildman–Crippen LogP) is 7.62. The Hall–Kier alpha value is -2.54. The SMILES string of the molecule is C#CC(/C=C/CC(=O)CC(C)(C)C1CC1)=Nc1ccc(F)c(C=N)c1C.CC1(C)CCC1.[HH]. The van der Waals surface area contributed by atoms with Crippen molar-refractivity contribution < 1.29 is 10.6 Å². The van der Waals surface area contributed by atoms with Crippen LogP contribution in [0.1, 0.15) is 85.2 Å². The smallest absolute Gasteiger partial charge is 0.137 e. The Morgan fingerprint density at radius 3 is 2.47 bits per heavy atom. The minimum atomic E-state index is -0.460. The fourth-order valence-electron chi connectivity index (χ4n) is 4.01. The number of halogens is 1. The van der Waals surface area contributed by atoms with E-state index >= 15 is 0 Å². The monoisotopic (exact) mass is 438 g/mol. The third-order valence-electron chi connectivity index (χ3n) is 6.63. The summed E-state index contributed by atoms with van der Waals surface area (Å²) in [5.41, 5.74) is 2.43. The van der Waals surface area contributed by atoms with Crippen LogP contribution in [0.15, 0.2) is 29.3 Å². The number of carbonyl (C=O) groups excluding carboxylic acids is 1. The summed E-state index contributed by atoms with van der Waals surface area (Å²) >= 11 is 0. The number of nitrogens with zero attached hydrogens (tertiary/aromatic N) is 1. The van der Waals surface area contributed by atoms with Gasteiger partial charge < -0.3 is 5.41 Å². The van der Waals surface area contributed by atoms with Crippen LogP contribution in [0.2, 0.25) is 0 Å². The van der Waals surface area contributed by atoms with E-state index in [1.807, 2.05) is 0 Å². The first kappa shape index (κ1) is 25.7. The highest BCUT2D eigenvalue weighted by molar-refractivity contribution is 6.10. The van der Waals surface area contributed by atoms with Crippen LogP contribution in [-0.4, -0.2) is 17.7 Å². The first-order valence-electron chi connectivity index (χ1n) is 11.5. The third kappa shape index (κ3) is 7.55. The van der Waals surface area contributed by atoms with Crippen molar-refractivity contribution in [2.75, 3.05) is 0 Å². The van der Waals surface area contributed by atoms with Crippen LogP contribution in [0.5, 0.6) is 0 Å². The summed E-state index contributed by atoms with van der Waals surface area (Å²) in [6, 6.07) is 2.81. The van der Waals surface area contributed by atoms with E-state index in [2.05, 4.69) is 38.6 Å². The second kappa shape index (κ2) is 10.9. The molecule has 2 aliphatic rings. The third-order valence-corrected chi connectivity index (χ3v) is 6.63. The van der Waals surface area contributed by atoms with Gasteiger partial charge in [0.15, 0.2) is 0 Å². The summed E-state index contributed by atoms with van der Waals surface area (Å²) in [5, 5.41) is 7.31. The molecule has 0 bridgehead atoms. The number of rotatable bonds is 8. The molecule has 1 aromatic rings. The van der Waals surface area contributed by atoms with Gasteiger partial charge in [-0.2, -0.15) is 0 Å². The Balaban J connectivity index is 0.000000673. The summed E-state index contributed by atoms with van der Waals surface area (Å²) in [6.07, 6.45) is 17.6. The molecule has 1 N–H and O–H groups in total. The number of ketones is 1. The van der Waals surface area contributed by atoms with Gasteiger partial charge in [-0.15, -0.1) is 6.42 Å². The van der Waals surface area contributed by atoms with Crippen LogP contribution < -0.4 is 0 Å². The van der Waals surface area contributed by atoms with Gasteiger partial charge in [-0.1, -0.05) is 46.1 Å². The molecule has 0 radical (unpaired) electrons. The quantitative estimate of drug-likeness (QED) is 0.329. The molecule has 1 aromatic carbocycles. The van der Waals surface area contributed by atoms with Gasteiger partial charge in [0.25, 0.3) is 0 Å². The summed E-state index contributed by atoms with van der Waals surface area (Å²) in [6.45, 7) is 10.7. The summed E-state index contributed by atoms with van der Waals surface area (Å²) in [4.78, 5) is 16.5. The zero-order valence-corrected chi connectivity index (χ0v) is 20.2. The molecule has 4 heteroatoms. The Labute approximate surface area is 194 Å². The highest BCUT2D eigenvalue weighted by Gasteiger charge is 2.38. The summed E-state index contributed by atoms with van der Waals surface area (Å²) in [7, 11) is 0. The van der Waals surface area contributed by atoms with Gasteiger partial charge in [0.2, 0.25) is 0 Å². The molecule has 0 saturated heterocycles. The summed E-state index contributed by atoms with van der Waals surface area (Å²) < 4.78 is 13.6. The fraction of sp³-hybridized carbons (Fsp3) is 0.536. The molecule has 32 heavy (non-hydrogen) atoms. The van der Waals surface area contributed by atoms with Gasteiger partial charge in [0, 0.05) is 26.0 Å². The van der Waals surface area contributed by atoms with Crippen molar-refractivity contribution in [1.82, 2.24) is 0 Å². The zero-order chi connectivity index (χ0) is 23.9. The predicted molar refractivity (Wildman–Crippen MR) is 135 cm³/mol. The van der Waals surface area contributed by atoms with Crippen LogP contribution in [0.3, 0.4) is 0 Å². The minimum Gasteiger partial charge on any atom is -0.308 e. The Kier molecular flexibility index (Phi) is 8.73. The number of hydrogen-bond donors (Lipinski definition) is 1. The van der Waals surface area contributed by atoms with Gasteiger partial charge in [-0.3, -0.25) is 4.79 Å². The van der Waals surface area contributed by atoms with Crippen molar-refractivity contribution in [1.29, 1.82) is 5.41 Å². The maximum absolute atomic E-state index is 13.6. The second-order valence-electron chi connectivity index (χ2n) is 10.5. The van der Waals surface area contributed by atoms with Crippen LogP contribution in [0, 0.1) is 47.2 Å². The second-order valence-corrected chi connectivity index (χ2v) is 10.5. The average molecular weight is 439 g/mol. The first-order chi connectivity index (χ1) is 15.0. The number of allylic oxidation sites excluding steroid dienone is 2. The van der Waals surface area contributed by atoms with Crippen LogP contribution >= 0.6 is 0 Å². The minimum absolute atomic E-state index is 0. The fourth-order valence-corrected chi connectivity index (χ4v) is 4.01. The number of aliphatic imine (C=N–C) groups is 1. The van der Waals surface area contributed by atoms with Gasteiger partial charge >= 0.3 is 0 Å². The van der Waals surface area contributed by atoms with Crippen LogP contribution in [0.4, 0.5) is 10.1 Å². The number of hydrogen-bond acceptors (Lipinski definition) is 3. The molecule has 0 amide bonds. The first-order valence-corrected chi connectivity index (χ1v) is 11.5. The largest absolute Gasteiger partial charge is 0.308 e. The van der Waals surface area contributed by atoms with Crippen molar-refractivity contribution in [2.45, 2.75) is 79.6 Å². The number of nitrogens with one attached hydrogen (secondary N) is 1. The van der Waals surface area contributed by atoms with E-state index in [-0.39, 0.29) is 18.2 Å². The van der Waals surface area contributed by atoms with Gasteiger partial charge in [0.05, 0.1) is 5.69 Å². The lowest BCUT2D eigenvalue weighted by Gasteiger charge is -2.33. The molecular formula is C28H39FN2O. The molecule has 0 unspecified atom stereocenters. The molecule has 0 atom stereocenters. The molecular weight excluding hydrogens is 399 g/mol. The Bertz CT molecular complexity index is 943. The van der Waals surface area contributed by atoms with Crippen molar-refractivity contribution in [3.05, 3.63) is 41.2 Å². The standard InChI is InChI=1S/C22H25FN2O.C6H12.H2/c1-5-17(25-21-12-11-20(23)19(14-24)15(21)2)7-6-8-18(26)13-22(3,4)16-9-10-16;1-6(2)4-3-5-6;/h1,6-7,11-12,14,16,24H,8-10,13H2,2-4H3;3-5H2,1-2H3;1H/b7-6+,24-14?,25-17?;;. The van der Waals surface area contributed by atoms with E-state index in [1.165, 1.54) is 44.2 Å². The Morgan fingerprint density at radius 1 is 1.38 bits per heavy atom. The highest BCUT2D eigenvalue weighted by atomic mass is 19.1. The number of terminal acetylenes is 1. The zero-order valence-electron chi connectivity index (χ0n) is 20.2. The molecule has 3 rings (SSSR count). The van der Waals surface area contributed by atoms with Crippen molar-refractivity contribution in [3.63, 3.8) is 0 Å². The maximum Gasteiger partial charge on any atom is 0.137 e. The lowest BCUT2D eigenvalue weighted by molar-refractivity contribution is -0.120. The lowest BCUT2D eigenvalue weighted by atomic mass is 9.72. The topological polar surface area (TPSA) is 53.3 Å². The molecule has 0 aromatic heterocycles. The van der Waals surface area contributed by atoms with Crippen molar-refractivity contribution in [2.24, 2.45) is 21.7 Å². The van der Waals surface area contributed by atoms with E-state index in [1.54, 1.807) is 19.1 Å². The number of carbonyl (C=O) groups is 1. The molecule has 0 aliphatic heterocycles. The van der Waals surface area contributed by atoms with Crippen molar-refractivity contribution >= 4 is 23.4 Å². The van der Waals surface area contributed by atoms with Gasteiger partial charge in [0.1, 0.15) is 17.3 Å². The summed E-state index contributed by atoms with van der Waals surface area (Å²) in [5.74, 6) is 2.88. The highest BCUT2D eigenvalue weighted by Crippen LogP contribution is 2.47. The van der Waals surface area contributed by atoms with E-state index in [4.69, 9.17) is 11.8 Å². The van der Waals surface area contributed by atoms with Crippen LogP contribution in [-0.2, 0) is 4.79 Å². The lowest BCUT2D eigenvalue weighted by Crippen LogP contribution is -2.20. The number of Topliss-reactive ketones (excluding diaryl/α,β-unsaturated/α-hetero) is 1. The van der Waals surface area contributed by atoms with Crippen molar-refractivity contribution in [3.8, 4) is 12.3 Å². The molecule has 174 valence electrons. The number of benzene rings is 1. The molecule has 2 fully saturated rings. The molecule has 2 saturated carbocycles. The molecule has 2 aliphatic carbocycles. The normalized spacial score (nSPS) is 17.7. The van der Waals surface area contributed by atoms with E-state index in [0.717, 1.165) is 11.6 Å².